The predicted octanol–water partition coefficient (Wildman–Crippen LogP) is 1.92. The first-order valence-electron chi connectivity index (χ1n) is 9.47. The zero-order valence-electron chi connectivity index (χ0n) is 15.6. The van der Waals surface area contributed by atoms with Gasteiger partial charge in [-0.05, 0) is 30.2 Å². The molecule has 0 fully saturated rings. The van der Waals surface area contributed by atoms with Gasteiger partial charge in [-0.3, -0.25) is 14.3 Å². The molecule has 0 saturated heterocycles. The summed E-state index contributed by atoms with van der Waals surface area (Å²) >= 11 is 0. The summed E-state index contributed by atoms with van der Waals surface area (Å²) in [6.07, 6.45) is 6.27. The topological polar surface area (TPSA) is 72.2 Å². The van der Waals surface area contributed by atoms with Crippen LogP contribution in [0.1, 0.15) is 22.5 Å². The zero-order chi connectivity index (χ0) is 19.3. The van der Waals surface area contributed by atoms with Crippen molar-refractivity contribution in [3.63, 3.8) is 0 Å². The Hall–Kier alpha value is -3.35. The van der Waals surface area contributed by atoms with Crippen LogP contribution in [0, 0.1) is 0 Å². The Bertz CT molecular complexity index is 933. The van der Waals surface area contributed by atoms with Gasteiger partial charge in [0.15, 0.2) is 0 Å². The Labute approximate surface area is 163 Å². The van der Waals surface area contributed by atoms with Crippen molar-refractivity contribution in [1.82, 2.24) is 24.6 Å². The number of rotatable bonds is 7. The largest absolute Gasteiger partial charge is 0.354 e. The third-order valence-corrected chi connectivity index (χ3v) is 4.98. The SMILES string of the molecule is O=C(NCCCn1cccn1)C1Cn2cccc2C(=O)N1Cc1ccccc1. The molecule has 1 N–H and O–H groups in total. The lowest BCUT2D eigenvalue weighted by Crippen LogP contribution is -2.54. The van der Waals surface area contributed by atoms with Gasteiger partial charge >= 0.3 is 0 Å². The minimum Gasteiger partial charge on any atom is -0.354 e. The second-order valence-electron chi connectivity index (χ2n) is 6.89. The van der Waals surface area contributed by atoms with Crippen LogP contribution in [0.4, 0.5) is 0 Å². The Morgan fingerprint density at radius 1 is 1.11 bits per heavy atom. The molecule has 28 heavy (non-hydrogen) atoms. The second kappa shape index (κ2) is 8.12. The summed E-state index contributed by atoms with van der Waals surface area (Å²) in [5.74, 6) is -0.235. The number of amides is 2. The van der Waals surface area contributed by atoms with Crippen molar-refractivity contribution < 1.29 is 9.59 Å². The molecule has 4 rings (SSSR count). The monoisotopic (exact) mass is 377 g/mol. The normalized spacial score (nSPS) is 16.1. The molecule has 144 valence electrons. The highest BCUT2D eigenvalue weighted by Gasteiger charge is 2.36. The molecule has 7 nitrogen and oxygen atoms in total. The van der Waals surface area contributed by atoms with Gasteiger partial charge in [0.05, 0.1) is 6.54 Å². The summed E-state index contributed by atoms with van der Waals surface area (Å²) in [5.41, 5.74) is 1.63. The fourth-order valence-corrected chi connectivity index (χ4v) is 3.53. The van der Waals surface area contributed by atoms with E-state index in [0.717, 1.165) is 18.5 Å². The first kappa shape index (κ1) is 18.0. The van der Waals surface area contributed by atoms with Crippen molar-refractivity contribution in [2.45, 2.75) is 32.1 Å². The van der Waals surface area contributed by atoms with E-state index in [4.69, 9.17) is 0 Å². The third-order valence-electron chi connectivity index (χ3n) is 4.98. The van der Waals surface area contributed by atoms with E-state index in [2.05, 4.69) is 10.4 Å². The van der Waals surface area contributed by atoms with E-state index in [0.29, 0.717) is 25.3 Å². The molecule has 1 aliphatic heterocycles. The number of nitrogens with one attached hydrogen (secondary N) is 1. The van der Waals surface area contributed by atoms with Crippen molar-refractivity contribution in [3.8, 4) is 0 Å². The molecule has 0 aliphatic carbocycles. The molecule has 1 aromatic carbocycles. The number of aromatic nitrogens is 3. The fraction of sp³-hybridized carbons (Fsp3) is 0.286. The molecule has 7 heteroatoms. The van der Waals surface area contributed by atoms with Crippen molar-refractivity contribution in [3.05, 3.63) is 78.4 Å². The van der Waals surface area contributed by atoms with Crippen LogP contribution in [-0.2, 0) is 24.4 Å². The van der Waals surface area contributed by atoms with E-state index in [1.807, 2.05) is 64.1 Å². The number of hydrogen-bond donors (Lipinski definition) is 1. The van der Waals surface area contributed by atoms with Gasteiger partial charge in [0.1, 0.15) is 11.7 Å². The summed E-state index contributed by atoms with van der Waals surface area (Å²) in [6, 6.07) is 14.8. The highest BCUT2D eigenvalue weighted by molar-refractivity contribution is 5.97. The number of aryl methyl sites for hydroxylation is 1. The summed E-state index contributed by atoms with van der Waals surface area (Å²) < 4.78 is 3.70. The average molecular weight is 377 g/mol. The van der Waals surface area contributed by atoms with Crippen LogP contribution in [0.3, 0.4) is 0 Å². The second-order valence-corrected chi connectivity index (χ2v) is 6.89. The molecular weight excluding hydrogens is 354 g/mol. The van der Waals surface area contributed by atoms with E-state index in [1.54, 1.807) is 17.2 Å². The number of carbonyl (C=O) groups excluding carboxylic acids is 2. The maximum Gasteiger partial charge on any atom is 0.271 e. The number of carbonyl (C=O) groups is 2. The number of benzene rings is 1. The lowest BCUT2D eigenvalue weighted by Gasteiger charge is -2.35. The lowest BCUT2D eigenvalue weighted by atomic mass is 10.1. The molecule has 2 aromatic heterocycles. The molecular formula is C21H23N5O2. The smallest absolute Gasteiger partial charge is 0.271 e. The van der Waals surface area contributed by atoms with Crippen LogP contribution in [0.15, 0.2) is 67.1 Å². The van der Waals surface area contributed by atoms with E-state index in [9.17, 15) is 9.59 Å². The Morgan fingerprint density at radius 2 is 1.96 bits per heavy atom. The van der Waals surface area contributed by atoms with Gasteiger partial charge in [-0.2, -0.15) is 5.10 Å². The highest BCUT2D eigenvalue weighted by atomic mass is 16.2. The summed E-state index contributed by atoms with van der Waals surface area (Å²) in [7, 11) is 0. The summed E-state index contributed by atoms with van der Waals surface area (Å²) in [5, 5.41) is 7.15. The van der Waals surface area contributed by atoms with Crippen LogP contribution in [0.25, 0.3) is 0 Å². The van der Waals surface area contributed by atoms with Crippen molar-refractivity contribution >= 4 is 11.8 Å². The van der Waals surface area contributed by atoms with Gasteiger partial charge in [0, 0.05) is 38.2 Å². The minimum atomic E-state index is -0.530. The molecule has 0 spiro atoms. The fourth-order valence-electron chi connectivity index (χ4n) is 3.53. The van der Waals surface area contributed by atoms with Crippen LogP contribution in [-0.4, -0.2) is 43.6 Å². The van der Waals surface area contributed by atoms with Crippen molar-refractivity contribution in [2.75, 3.05) is 6.54 Å². The maximum atomic E-state index is 13.0. The van der Waals surface area contributed by atoms with Gasteiger partial charge in [0.25, 0.3) is 5.91 Å². The van der Waals surface area contributed by atoms with Gasteiger partial charge < -0.3 is 14.8 Å². The van der Waals surface area contributed by atoms with E-state index >= 15 is 0 Å². The van der Waals surface area contributed by atoms with Gasteiger partial charge in [0.2, 0.25) is 5.91 Å². The van der Waals surface area contributed by atoms with Gasteiger partial charge in [-0.25, -0.2) is 0 Å². The van der Waals surface area contributed by atoms with Crippen LogP contribution in [0.2, 0.25) is 0 Å². The van der Waals surface area contributed by atoms with E-state index in [-0.39, 0.29) is 11.8 Å². The number of fused-ring (bicyclic) bond motifs is 1. The Morgan fingerprint density at radius 3 is 2.75 bits per heavy atom. The van der Waals surface area contributed by atoms with Crippen molar-refractivity contribution in [1.29, 1.82) is 0 Å². The summed E-state index contributed by atoms with van der Waals surface area (Å²) in [6.45, 7) is 2.16. The zero-order valence-corrected chi connectivity index (χ0v) is 15.6. The third kappa shape index (κ3) is 3.83. The van der Waals surface area contributed by atoms with Crippen molar-refractivity contribution in [2.24, 2.45) is 0 Å². The molecule has 0 radical (unpaired) electrons. The molecule has 1 unspecified atom stereocenters. The van der Waals surface area contributed by atoms with E-state index in [1.165, 1.54) is 0 Å². The Kier molecular flexibility index (Phi) is 5.23. The molecule has 0 saturated carbocycles. The molecule has 1 atom stereocenters. The molecule has 3 heterocycles. The molecule has 2 amide bonds. The average Bonchev–Trinajstić information content (AvgIpc) is 3.40. The van der Waals surface area contributed by atoms with Gasteiger partial charge in [-0.1, -0.05) is 30.3 Å². The number of nitrogens with zero attached hydrogens (tertiary/aromatic N) is 4. The van der Waals surface area contributed by atoms with Gasteiger partial charge in [-0.15, -0.1) is 0 Å². The first-order chi connectivity index (χ1) is 13.7. The summed E-state index contributed by atoms with van der Waals surface area (Å²) in [4.78, 5) is 27.6. The molecule has 1 aliphatic rings. The highest BCUT2D eigenvalue weighted by Crippen LogP contribution is 2.21. The minimum absolute atomic E-state index is 0.114. The lowest BCUT2D eigenvalue weighted by molar-refractivity contribution is -0.126. The molecule has 0 bridgehead atoms. The Balaban J connectivity index is 1.44. The quantitative estimate of drug-likeness (QED) is 0.640. The molecule has 3 aromatic rings. The predicted molar refractivity (Wildman–Crippen MR) is 104 cm³/mol. The standard InChI is InChI=1S/C21H23N5O2/c27-20(22-10-5-13-25-14-6-11-23-25)19-16-24-12-4-9-18(24)21(28)26(19)15-17-7-2-1-3-8-17/h1-4,6-9,11-12,14,19H,5,10,13,15-16H2,(H,22,27). The maximum absolute atomic E-state index is 13.0. The van der Waals surface area contributed by atoms with Crippen LogP contribution < -0.4 is 5.32 Å². The van der Waals surface area contributed by atoms with Crippen LogP contribution >= 0.6 is 0 Å². The van der Waals surface area contributed by atoms with Crippen LogP contribution in [0.5, 0.6) is 0 Å². The first-order valence-corrected chi connectivity index (χ1v) is 9.47. The van der Waals surface area contributed by atoms with E-state index < -0.39 is 6.04 Å². The number of hydrogen-bond acceptors (Lipinski definition) is 3.